The van der Waals surface area contributed by atoms with Crippen LogP contribution in [0.3, 0.4) is 0 Å². The number of nitrogens with zero attached hydrogens (tertiary/aromatic N) is 3. The number of nitrogens with two attached hydrogens (primary N) is 1. The molecule has 2 N–H and O–H groups in total. The minimum absolute atomic E-state index is 0.283. The van der Waals surface area contributed by atoms with Crippen molar-refractivity contribution in [3.63, 3.8) is 0 Å². The molecule has 0 aliphatic rings. The Hall–Kier alpha value is -1.91. The average molecular weight is 176 g/mol. The van der Waals surface area contributed by atoms with Crippen molar-refractivity contribution >= 4 is 5.82 Å². The second-order valence-electron chi connectivity index (χ2n) is 2.69. The SMILES string of the molecule is Cc1ccc(-c2nonc2N)cn1. The summed E-state index contributed by atoms with van der Waals surface area (Å²) in [7, 11) is 0. The highest BCUT2D eigenvalue weighted by Crippen LogP contribution is 2.20. The summed E-state index contributed by atoms with van der Waals surface area (Å²) in [5, 5.41) is 7.14. The molecule has 2 rings (SSSR count). The molecule has 0 radical (unpaired) electrons. The Morgan fingerprint density at radius 2 is 2.15 bits per heavy atom. The van der Waals surface area contributed by atoms with Gasteiger partial charge in [0.2, 0.25) is 0 Å². The largest absolute Gasteiger partial charge is 0.379 e. The number of nitrogen functional groups attached to an aromatic ring is 1. The molecule has 0 aromatic carbocycles. The van der Waals surface area contributed by atoms with Crippen LogP contribution in [0.4, 0.5) is 5.82 Å². The van der Waals surface area contributed by atoms with E-state index < -0.39 is 0 Å². The van der Waals surface area contributed by atoms with Crippen molar-refractivity contribution in [2.24, 2.45) is 0 Å². The Bertz CT molecular complexity index is 406. The van der Waals surface area contributed by atoms with Crippen LogP contribution >= 0.6 is 0 Å². The molecule has 0 unspecified atom stereocenters. The number of hydrogen-bond donors (Lipinski definition) is 1. The maximum Gasteiger partial charge on any atom is 0.196 e. The number of aromatic nitrogens is 3. The molecular formula is C8H8N4O. The van der Waals surface area contributed by atoms with Crippen LogP contribution in [0.25, 0.3) is 11.3 Å². The highest BCUT2D eigenvalue weighted by molar-refractivity contribution is 5.67. The zero-order chi connectivity index (χ0) is 9.26. The molecule has 66 valence electrons. The third kappa shape index (κ3) is 1.35. The van der Waals surface area contributed by atoms with Gasteiger partial charge in [-0.25, -0.2) is 4.63 Å². The average Bonchev–Trinajstić information content (AvgIpc) is 2.53. The summed E-state index contributed by atoms with van der Waals surface area (Å²) in [5.74, 6) is 0.283. The lowest BCUT2D eigenvalue weighted by molar-refractivity contribution is 0.310. The maximum absolute atomic E-state index is 5.52. The van der Waals surface area contributed by atoms with Gasteiger partial charge in [0.25, 0.3) is 0 Å². The van der Waals surface area contributed by atoms with Gasteiger partial charge in [0.1, 0.15) is 0 Å². The van der Waals surface area contributed by atoms with E-state index in [-0.39, 0.29) is 5.82 Å². The van der Waals surface area contributed by atoms with E-state index in [1.807, 2.05) is 19.1 Å². The molecule has 2 aromatic heterocycles. The molecule has 5 heteroatoms. The first-order chi connectivity index (χ1) is 6.27. The van der Waals surface area contributed by atoms with Crippen molar-refractivity contribution in [3.05, 3.63) is 24.0 Å². The normalized spacial score (nSPS) is 10.2. The second kappa shape index (κ2) is 2.85. The molecule has 0 aliphatic heterocycles. The fourth-order valence-electron chi connectivity index (χ4n) is 1.00. The lowest BCUT2D eigenvalue weighted by Crippen LogP contribution is -1.89. The highest BCUT2D eigenvalue weighted by Gasteiger charge is 2.08. The fraction of sp³-hybridized carbons (Fsp3) is 0.125. The van der Waals surface area contributed by atoms with Gasteiger partial charge in [-0.2, -0.15) is 0 Å². The zero-order valence-corrected chi connectivity index (χ0v) is 7.06. The van der Waals surface area contributed by atoms with Crippen molar-refractivity contribution in [2.75, 3.05) is 5.73 Å². The van der Waals surface area contributed by atoms with Crippen LogP contribution in [0.5, 0.6) is 0 Å². The van der Waals surface area contributed by atoms with Crippen molar-refractivity contribution in [1.82, 2.24) is 15.3 Å². The predicted octanol–water partition coefficient (Wildman–Crippen LogP) is 1.02. The molecule has 0 bridgehead atoms. The molecule has 5 nitrogen and oxygen atoms in total. The van der Waals surface area contributed by atoms with Gasteiger partial charge in [0.15, 0.2) is 11.5 Å². The van der Waals surface area contributed by atoms with Crippen LogP contribution in [0.15, 0.2) is 23.0 Å². The third-order valence-electron chi connectivity index (χ3n) is 1.70. The monoisotopic (exact) mass is 176 g/mol. The van der Waals surface area contributed by atoms with Gasteiger partial charge in [0, 0.05) is 17.5 Å². The van der Waals surface area contributed by atoms with E-state index in [0.29, 0.717) is 5.69 Å². The van der Waals surface area contributed by atoms with Crippen LogP contribution < -0.4 is 5.73 Å². The summed E-state index contributed by atoms with van der Waals surface area (Å²) in [6.45, 7) is 1.91. The quantitative estimate of drug-likeness (QED) is 0.701. The number of anilines is 1. The summed E-state index contributed by atoms with van der Waals surface area (Å²) < 4.78 is 4.48. The van der Waals surface area contributed by atoms with Gasteiger partial charge in [-0.05, 0) is 29.4 Å². The van der Waals surface area contributed by atoms with Crippen molar-refractivity contribution < 1.29 is 4.63 Å². The summed E-state index contributed by atoms with van der Waals surface area (Å²) in [6.07, 6.45) is 1.69. The molecule has 0 amide bonds. The number of pyridine rings is 1. The Balaban J connectivity index is 2.47. The molecule has 0 saturated carbocycles. The Kier molecular flexibility index (Phi) is 1.70. The van der Waals surface area contributed by atoms with Gasteiger partial charge < -0.3 is 5.73 Å². The Morgan fingerprint density at radius 1 is 1.31 bits per heavy atom. The number of rotatable bonds is 1. The molecule has 0 spiro atoms. The number of hydrogen-bond acceptors (Lipinski definition) is 5. The Labute approximate surface area is 74.5 Å². The molecule has 13 heavy (non-hydrogen) atoms. The minimum atomic E-state index is 0.283. The molecular weight excluding hydrogens is 168 g/mol. The van der Waals surface area contributed by atoms with E-state index >= 15 is 0 Å². The summed E-state index contributed by atoms with van der Waals surface area (Å²) in [4.78, 5) is 4.11. The molecule has 0 saturated heterocycles. The third-order valence-corrected chi connectivity index (χ3v) is 1.70. The van der Waals surface area contributed by atoms with E-state index in [1.165, 1.54) is 0 Å². The van der Waals surface area contributed by atoms with Crippen molar-refractivity contribution in [2.45, 2.75) is 6.92 Å². The van der Waals surface area contributed by atoms with Crippen molar-refractivity contribution in [1.29, 1.82) is 0 Å². The first-order valence-electron chi connectivity index (χ1n) is 3.78. The van der Waals surface area contributed by atoms with Gasteiger partial charge in [-0.3, -0.25) is 4.98 Å². The first kappa shape index (κ1) is 7.72. The lowest BCUT2D eigenvalue weighted by atomic mass is 10.2. The standard InChI is InChI=1S/C8H8N4O/c1-5-2-3-6(4-10-5)7-8(9)12-13-11-7/h2-4H,1H3,(H2,9,12). The van der Waals surface area contributed by atoms with Gasteiger partial charge in [-0.1, -0.05) is 0 Å². The minimum Gasteiger partial charge on any atom is -0.379 e. The molecule has 2 aromatic rings. The topological polar surface area (TPSA) is 77.8 Å². The molecule has 2 heterocycles. The van der Waals surface area contributed by atoms with Crippen molar-refractivity contribution in [3.8, 4) is 11.3 Å². The van der Waals surface area contributed by atoms with Crippen LogP contribution in [-0.4, -0.2) is 15.3 Å². The first-order valence-corrected chi connectivity index (χ1v) is 3.78. The van der Waals surface area contributed by atoms with Crippen LogP contribution in [0.2, 0.25) is 0 Å². The molecule has 0 atom stereocenters. The molecule has 0 fully saturated rings. The summed E-state index contributed by atoms with van der Waals surface area (Å²) in [6, 6.07) is 3.75. The van der Waals surface area contributed by atoms with Crippen LogP contribution in [-0.2, 0) is 0 Å². The summed E-state index contributed by atoms with van der Waals surface area (Å²) >= 11 is 0. The predicted molar refractivity (Wildman–Crippen MR) is 46.7 cm³/mol. The van der Waals surface area contributed by atoms with Gasteiger partial charge in [0.05, 0.1) is 0 Å². The van der Waals surface area contributed by atoms with Gasteiger partial charge in [-0.15, -0.1) is 0 Å². The number of aryl methyl sites for hydroxylation is 1. The Morgan fingerprint density at radius 3 is 2.69 bits per heavy atom. The van der Waals surface area contributed by atoms with E-state index in [0.717, 1.165) is 11.3 Å². The maximum atomic E-state index is 5.52. The smallest absolute Gasteiger partial charge is 0.196 e. The van der Waals surface area contributed by atoms with E-state index in [1.54, 1.807) is 6.20 Å². The van der Waals surface area contributed by atoms with Crippen LogP contribution in [0.1, 0.15) is 5.69 Å². The highest BCUT2D eigenvalue weighted by atomic mass is 16.6. The van der Waals surface area contributed by atoms with E-state index in [4.69, 9.17) is 5.73 Å². The van der Waals surface area contributed by atoms with E-state index in [9.17, 15) is 0 Å². The lowest BCUT2D eigenvalue weighted by Gasteiger charge is -1.95. The van der Waals surface area contributed by atoms with Crippen LogP contribution in [0, 0.1) is 6.92 Å². The second-order valence-corrected chi connectivity index (χ2v) is 2.69. The summed E-state index contributed by atoms with van der Waals surface area (Å²) in [5.41, 5.74) is 7.80. The van der Waals surface area contributed by atoms with E-state index in [2.05, 4.69) is 19.9 Å². The van der Waals surface area contributed by atoms with Gasteiger partial charge >= 0.3 is 0 Å². The molecule has 0 aliphatic carbocycles. The zero-order valence-electron chi connectivity index (χ0n) is 7.06. The fourth-order valence-corrected chi connectivity index (χ4v) is 1.00.